The number of furan rings is 1. The summed E-state index contributed by atoms with van der Waals surface area (Å²) in [7, 11) is 0. The van der Waals surface area contributed by atoms with Gasteiger partial charge in [-0.1, -0.05) is 129 Å². The number of imidazole rings is 1. The van der Waals surface area contributed by atoms with Crippen molar-refractivity contribution in [3.05, 3.63) is 119 Å². The van der Waals surface area contributed by atoms with Gasteiger partial charge in [-0.25, -0.2) is 4.98 Å². The quantitative estimate of drug-likeness (QED) is 0.175. The number of aromatic nitrogens is 2. The maximum Gasteiger partial charge on any atom is 0.149 e. The SMILES string of the molecule is CC(C)c1cc(C(C)C)c(-n2c(-c3ccc(C(C)(C)C)c4c3oc3cc5c(ccc6ccccc65)cc34)nc3ccccc32)c(C(C)C)c1. The number of rotatable bonds is 5. The summed E-state index contributed by atoms with van der Waals surface area (Å²) in [6, 6.07) is 35.7. The summed E-state index contributed by atoms with van der Waals surface area (Å²) in [6.45, 7) is 20.7. The van der Waals surface area contributed by atoms with Gasteiger partial charge in [-0.2, -0.15) is 0 Å². The highest BCUT2D eigenvalue weighted by Gasteiger charge is 2.28. The van der Waals surface area contributed by atoms with Crippen molar-refractivity contribution in [1.29, 1.82) is 0 Å². The average molecular weight is 643 g/mol. The Hall–Kier alpha value is -4.89. The predicted octanol–water partition coefficient (Wildman–Crippen LogP) is 13.6. The standard InChI is InChI=1S/C46H46N2O/c1-26(2)31-23-34(27(3)4)43(35(24-31)28(5)6)48-40-17-13-12-16-39(40)47-45(48)33-20-21-38(46(7,8)9)42-37-22-30-19-18-29-14-10-11-15-32(29)36(30)25-41(37)49-44(33)42/h10-28H,1-9H3. The molecule has 0 aliphatic rings. The highest BCUT2D eigenvalue weighted by molar-refractivity contribution is 6.18. The molecule has 8 rings (SSSR count). The molecule has 2 aromatic heterocycles. The number of hydrogen-bond donors (Lipinski definition) is 0. The van der Waals surface area contributed by atoms with Crippen LogP contribution in [0.25, 0.3) is 71.6 Å². The van der Waals surface area contributed by atoms with Crippen LogP contribution in [0.4, 0.5) is 0 Å². The first-order valence-electron chi connectivity index (χ1n) is 17.9. The highest BCUT2D eigenvalue weighted by atomic mass is 16.3. The van der Waals surface area contributed by atoms with Crippen LogP contribution in [0.5, 0.6) is 0 Å². The Morgan fingerprint density at radius 3 is 2.00 bits per heavy atom. The minimum absolute atomic E-state index is 0.0889. The van der Waals surface area contributed by atoms with Gasteiger partial charge in [-0.15, -0.1) is 0 Å². The third kappa shape index (κ3) is 4.97. The average Bonchev–Trinajstić information content (AvgIpc) is 3.64. The third-order valence-corrected chi connectivity index (χ3v) is 10.4. The molecule has 0 N–H and O–H groups in total. The smallest absolute Gasteiger partial charge is 0.149 e. The van der Waals surface area contributed by atoms with E-state index in [1.165, 1.54) is 54.9 Å². The molecule has 49 heavy (non-hydrogen) atoms. The van der Waals surface area contributed by atoms with E-state index in [2.05, 4.69) is 164 Å². The predicted molar refractivity (Wildman–Crippen MR) is 210 cm³/mol. The zero-order valence-corrected chi connectivity index (χ0v) is 30.3. The van der Waals surface area contributed by atoms with Crippen molar-refractivity contribution in [3.63, 3.8) is 0 Å². The Labute approximate surface area is 289 Å². The summed E-state index contributed by atoms with van der Waals surface area (Å²) in [4.78, 5) is 5.43. The maximum atomic E-state index is 7.07. The second-order valence-corrected chi connectivity index (χ2v) is 15.8. The molecule has 0 aliphatic heterocycles. The molecule has 0 fully saturated rings. The van der Waals surface area contributed by atoms with Gasteiger partial charge in [0.25, 0.3) is 0 Å². The van der Waals surface area contributed by atoms with E-state index in [-0.39, 0.29) is 5.41 Å². The van der Waals surface area contributed by atoms with Gasteiger partial charge in [0.1, 0.15) is 17.0 Å². The number of benzene rings is 6. The monoisotopic (exact) mass is 642 g/mol. The molecule has 2 heterocycles. The van der Waals surface area contributed by atoms with Gasteiger partial charge in [-0.05, 0) is 97.3 Å². The van der Waals surface area contributed by atoms with Gasteiger partial charge in [0.15, 0.2) is 0 Å². The number of nitrogens with zero attached hydrogens (tertiary/aromatic N) is 2. The lowest BCUT2D eigenvalue weighted by Crippen LogP contribution is -2.12. The first-order valence-corrected chi connectivity index (χ1v) is 17.9. The Morgan fingerprint density at radius 1 is 0.633 bits per heavy atom. The molecule has 0 aliphatic carbocycles. The van der Waals surface area contributed by atoms with Crippen molar-refractivity contribution in [3.8, 4) is 17.1 Å². The highest BCUT2D eigenvalue weighted by Crippen LogP contribution is 2.46. The van der Waals surface area contributed by atoms with Gasteiger partial charge in [0, 0.05) is 10.8 Å². The Balaban J connectivity index is 1.52. The molecule has 246 valence electrons. The summed E-state index contributed by atoms with van der Waals surface area (Å²) in [6.07, 6.45) is 0. The molecule has 0 saturated heterocycles. The van der Waals surface area contributed by atoms with Crippen LogP contribution in [-0.2, 0) is 5.41 Å². The van der Waals surface area contributed by atoms with Crippen molar-refractivity contribution in [2.75, 3.05) is 0 Å². The van der Waals surface area contributed by atoms with Gasteiger partial charge in [-0.3, -0.25) is 4.57 Å². The fraction of sp³-hybridized carbons (Fsp3) is 0.283. The lowest BCUT2D eigenvalue weighted by molar-refractivity contribution is 0.595. The van der Waals surface area contributed by atoms with E-state index >= 15 is 0 Å². The van der Waals surface area contributed by atoms with E-state index in [4.69, 9.17) is 9.40 Å². The molecule has 0 saturated carbocycles. The summed E-state index contributed by atoms with van der Waals surface area (Å²) < 4.78 is 9.51. The Morgan fingerprint density at radius 2 is 1.31 bits per heavy atom. The molecule has 0 radical (unpaired) electrons. The molecule has 0 atom stereocenters. The third-order valence-electron chi connectivity index (χ3n) is 10.4. The normalized spacial score (nSPS) is 12.7. The van der Waals surface area contributed by atoms with Gasteiger partial charge in [0.2, 0.25) is 0 Å². The van der Waals surface area contributed by atoms with Crippen LogP contribution < -0.4 is 0 Å². The van der Waals surface area contributed by atoms with E-state index in [1.54, 1.807) is 0 Å². The molecule has 0 spiro atoms. The fourth-order valence-electron chi connectivity index (χ4n) is 7.79. The second-order valence-electron chi connectivity index (χ2n) is 15.8. The Bertz CT molecular complexity index is 2540. The number of fused-ring (bicyclic) bond motifs is 7. The molecule has 8 aromatic rings. The van der Waals surface area contributed by atoms with Crippen LogP contribution in [-0.4, -0.2) is 9.55 Å². The van der Waals surface area contributed by atoms with Crippen LogP contribution in [0, 0.1) is 0 Å². The zero-order valence-electron chi connectivity index (χ0n) is 30.3. The van der Waals surface area contributed by atoms with E-state index < -0.39 is 0 Å². The van der Waals surface area contributed by atoms with Crippen molar-refractivity contribution in [2.45, 2.75) is 85.5 Å². The molecule has 6 aromatic carbocycles. The summed E-state index contributed by atoms with van der Waals surface area (Å²) >= 11 is 0. The van der Waals surface area contributed by atoms with Crippen LogP contribution in [0.1, 0.15) is 102 Å². The van der Waals surface area contributed by atoms with Crippen molar-refractivity contribution in [2.24, 2.45) is 0 Å². The zero-order chi connectivity index (χ0) is 34.4. The minimum atomic E-state index is -0.0889. The van der Waals surface area contributed by atoms with Crippen LogP contribution in [0.2, 0.25) is 0 Å². The number of hydrogen-bond acceptors (Lipinski definition) is 2. The fourth-order valence-corrected chi connectivity index (χ4v) is 7.79. The molecule has 3 heteroatoms. The first-order chi connectivity index (χ1) is 23.4. The van der Waals surface area contributed by atoms with Crippen LogP contribution in [0.3, 0.4) is 0 Å². The van der Waals surface area contributed by atoms with E-state index in [1.807, 2.05) is 0 Å². The van der Waals surface area contributed by atoms with Gasteiger partial charge >= 0.3 is 0 Å². The van der Waals surface area contributed by atoms with Crippen LogP contribution in [0.15, 0.2) is 101 Å². The summed E-state index contributed by atoms with van der Waals surface area (Å²) in [5.41, 5.74) is 11.4. The lowest BCUT2D eigenvalue weighted by Gasteiger charge is -2.25. The number of para-hydroxylation sites is 2. The van der Waals surface area contributed by atoms with E-state index in [0.29, 0.717) is 17.8 Å². The van der Waals surface area contributed by atoms with E-state index in [0.717, 1.165) is 39.0 Å². The van der Waals surface area contributed by atoms with E-state index in [9.17, 15) is 0 Å². The molecule has 0 amide bonds. The molecule has 0 bridgehead atoms. The summed E-state index contributed by atoms with van der Waals surface area (Å²) in [5, 5.41) is 7.24. The largest absolute Gasteiger partial charge is 0.455 e. The van der Waals surface area contributed by atoms with Crippen LogP contribution >= 0.6 is 0 Å². The van der Waals surface area contributed by atoms with Gasteiger partial charge < -0.3 is 4.42 Å². The van der Waals surface area contributed by atoms with Crippen molar-refractivity contribution < 1.29 is 4.42 Å². The minimum Gasteiger partial charge on any atom is -0.455 e. The van der Waals surface area contributed by atoms with Crippen molar-refractivity contribution >= 4 is 54.5 Å². The Kier molecular flexibility index (Phi) is 7.26. The lowest BCUT2D eigenvalue weighted by atomic mass is 9.83. The first kappa shape index (κ1) is 31.4. The summed E-state index contributed by atoms with van der Waals surface area (Å²) in [5.74, 6) is 2.02. The molecular weight excluding hydrogens is 597 g/mol. The maximum absolute atomic E-state index is 7.07. The molecular formula is C46H46N2O. The second kappa shape index (κ2) is 11.3. The van der Waals surface area contributed by atoms with Crippen molar-refractivity contribution in [1.82, 2.24) is 9.55 Å². The molecule has 0 unspecified atom stereocenters. The molecule has 3 nitrogen and oxygen atoms in total. The van der Waals surface area contributed by atoms with Gasteiger partial charge in [0.05, 0.1) is 22.3 Å². The topological polar surface area (TPSA) is 31.0 Å².